The van der Waals surface area contributed by atoms with E-state index < -0.39 is 18.0 Å². The average Bonchev–Trinajstić information content (AvgIpc) is 2.60. The number of carbonyl (C=O) groups is 2. The van der Waals surface area contributed by atoms with Gasteiger partial charge in [-0.2, -0.15) is 0 Å². The van der Waals surface area contributed by atoms with Gasteiger partial charge in [0.25, 0.3) is 0 Å². The summed E-state index contributed by atoms with van der Waals surface area (Å²) in [5.74, 6) is -0.370. The fourth-order valence-electron chi connectivity index (χ4n) is 2.25. The molecule has 1 atom stereocenters. The monoisotopic (exact) mass is 432 g/mol. The van der Waals surface area contributed by atoms with E-state index in [9.17, 15) is 14.2 Å². The minimum absolute atomic E-state index is 0.0430. The first kappa shape index (κ1) is 24.3. The van der Waals surface area contributed by atoms with Crippen molar-refractivity contribution < 1.29 is 18.9 Å². The molecule has 1 unspecified atom stereocenters. The van der Waals surface area contributed by atoms with Gasteiger partial charge in [-0.05, 0) is 45.2 Å². The Bertz CT molecular complexity index is 691. The number of benzene rings is 1. The van der Waals surface area contributed by atoms with Crippen molar-refractivity contribution in [2.24, 2.45) is 5.41 Å². The summed E-state index contributed by atoms with van der Waals surface area (Å²) in [6.07, 6.45) is 1.78. The summed E-state index contributed by atoms with van der Waals surface area (Å²) >= 11 is 7.55. The molecule has 0 aromatic heterocycles. The number of hydrogen-bond acceptors (Lipinski definition) is 5. The molecule has 7 heteroatoms. The fraction of sp³-hybridized carbons (Fsp3) is 0.600. The van der Waals surface area contributed by atoms with Gasteiger partial charge in [0, 0.05) is 17.7 Å². The van der Waals surface area contributed by atoms with Gasteiger partial charge in [-0.25, -0.2) is 0 Å². The molecule has 4 nitrogen and oxygen atoms in total. The predicted octanol–water partition coefficient (Wildman–Crippen LogP) is 6.10. The molecule has 0 heterocycles. The topological polar surface area (TPSA) is 60.4 Å². The van der Waals surface area contributed by atoms with Gasteiger partial charge in [-0.1, -0.05) is 49.3 Å². The van der Waals surface area contributed by atoms with Crippen LogP contribution in [0.1, 0.15) is 47.5 Å². The zero-order chi connectivity index (χ0) is 20.7. The second-order valence-electron chi connectivity index (χ2n) is 7.56. The molecule has 0 bridgehead atoms. The van der Waals surface area contributed by atoms with Crippen molar-refractivity contribution in [3.63, 3.8) is 0 Å². The number of Topliss-reactive ketones (excluding diaryl/α,β-unsaturated/α-hetero) is 1. The van der Waals surface area contributed by atoms with Gasteiger partial charge in [-0.15, -0.1) is 0 Å². The van der Waals surface area contributed by atoms with Gasteiger partial charge in [0.15, 0.2) is 5.44 Å². The Morgan fingerprint density at radius 2 is 1.78 bits per heavy atom. The highest BCUT2D eigenvalue weighted by molar-refractivity contribution is 7.99. The number of hydrogen-bond donors (Lipinski definition) is 0. The van der Waals surface area contributed by atoms with E-state index in [1.165, 1.54) is 11.8 Å². The van der Waals surface area contributed by atoms with Crippen LogP contribution in [0.5, 0.6) is 0 Å². The molecule has 0 N–H and O–H groups in total. The van der Waals surface area contributed by atoms with Crippen LogP contribution in [0.2, 0.25) is 5.02 Å². The summed E-state index contributed by atoms with van der Waals surface area (Å²) in [7, 11) is -2.41. The minimum atomic E-state index is -2.41. The van der Waals surface area contributed by atoms with E-state index >= 15 is 0 Å². The van der Waals surface area contributed by atoms with E-state index in [2.05, 4.69) is 0 Å². The van der Waals surface area contributed by atoms with Crippen LogP contribution in [-0.4, -0.2) is 35.7 Å². The number of carbonyl (C=O) groups excluding carboxylic acids is 2. The Balaban J connectivity index is 2.82. The first-order valence-corrected chi connectivity index (χ1v) is 12.7. The first-order valence-electron chi connectivity index (χ1n) is 9.22. The lowest BCUT2D eigenvalue weighted by Crippen LogP contribution is -2.27. The molecule has 152 valence electrons. The van der Waals surface area contributed by atoms with Gasteiger partial charge in [0.1, 0.15) is 5.78 Å². The van der Waals surface area contributed by atoms with Crippen LogP contribution in [0.3, 0.4) is 0 Å². The predicted molar refractivity (Wildman–Crippen MR) is 114 cm³/mol. The maximum absolute atomic E-state index is 12.5. The Hall–Kier alpha value is -0.770. The molecule has 1 rings (SSSR count). The second-order valence-corrected chi connectivity index (χ2v) is 12.9. The summed E-state index contributed by atoms with van der Waals surface area (Å²) in [5, 5.41) is 0.576. The van der Waals surface area contributed by atoms with Crippen molar-refractivity contribution in [2.45, 2.75) is 57.8 Å². The van der Waals surface area contributed by atoms with Crippen molar-refractivity contribution >= 4 is 42.3 Å². The lowest BCUT2D eigenvalue weighted by atomic mass is 9.97. The van der Waals surface area contributed by atoms with E-state index in [1.807, 2.05) is 32.0 Å². The van der Waals surface area contributed by atoms with Crippen molar-refractivity contribution in [2.75, 3.05) is 18.5 Å². The van der Waals surface area contributed by atoms with E-state index in [0.717, 1.165) is 4.90 Å². The van der Waals surface area contributed by atoms with Crippen LogP contribution in [0.25, 0.3) is 0 Å². The van der Waals surface area contributed by atoms with Crippen molar-refractivity contribution in [1.29, 1.82) is 0 Å². The molecule has 0 saturated carbocycles. The standard InChI is InChI=1S/C20H30ClO4PS/c1-6-26(24,7-2)14-15(22)12-13-18(25-19(23)20(3,4)5)27-17-11-9-8-10-16(17)21/h8-11,18H,6-7,12-14H2,1-5H3. The molecule has 0 spiro atoms. The van der Waals surface area contributed by atoms with Crippen LogP contribution in [0.4, 0.5) is 0 Å². The Labute approximate surface area is 172 Å². The van der Waals surface area contributed by atoms with E-state index in [1.54, 1.807) is 26.8 Å². The van der Waals surface area contributed by atoms with Crippen molar-refractivity contribution in [1.82, 2.24) is 0 Å². The molecular formula is C20H30ClO4PS. The number of esters is 1. The molecular weight excluding hydrogens is 403 g/mol. The quantitative estimate of drug-likeness (QED) is 0.193. The summed E-state index contributed by atoms with van der Waals surface area (Å²) in [5.41, 5.74) is -1.16. The zero-order valence-electron chi connectivity index (χ0n) is 16.8. The lowest BCUT2D eigenvalue weighted by molar-refractivity contribution is -0.154. The molecule has 0 fully saturated rings. The van der Waals surface area contributed by atoms with Crippen LogP contribution in [0, 0.1) is 5.41 Å². The molecule has 0 aliphatic rings. The lowest BCUT2D eigenvalue weighted by Gasteiger charge is -2.23. The summed E-state index contributed by atoms with van der Waals surface area (Å²) in [4.78, 5) is 25.5. The molecule has 0 amide bonds. The zero-order valence-corrected chi connectivity index (χ0v) is 19.3. The minimum Gasteiger partial charge on any atom is -0.451 e. The van der Waals surface area contributed by atoms with Gasteiger partial charge in [-0.3, -0.25) is 9.59 Å². The molecule has 1 aromatic rings. The Morgan fingerprint density at radius 3 is 2.30 bits per heavy atom. The smallest absolute Gasteiger partial charge is 0.312 e. The SMILES string of the molecule is CCP(=O)(CC)CC(=O)CCC(OC(=O)C(C)(C)C)Sc1ccccc1Cl. The average molecular weight is 433 g/mol. The molecule has 0 saturated heterocycles. The number of thioether (sulfide) groups is 1. The highest BCUT2D eigenvalue weighted by Gasteiger charge is 2.28. The summed E-state index contributed by atoms with van der Waals surface area (Å²) < 4.78 is 18.2. The molecule has 0 radical (unpaired) electrons. The number of halogens is 1. The maximum Gasteiger partial charge on any atom is 0.312 e. The third-order valence-electron chi connectivity index (χ3n) is 4.22. The number of ether oxygens (including phenoxy) is 1. The second kappa shape index (κ2) is 10.7. The van der Waals surface area contributed by atoms with Crippen LogP contribution >= 0.6 is 30.5 Å². The largest absolute Gasteiger partial charge is 0.451 e. The van der Waals surface area contributed by atoms with E-state index in [4.69, 9.17) is 16.3 Å². The van der Waals surface area contributed by atoms with Gasteiger partial charge < -0.3 is 9.30 Å². The van der Waals surface area contributed by atoms with Gasteiger partial charge in [0.05, 0.1) is 23.7 Å². The number of ketones is 1. The number of rotatable bonds is 10. The normalized spacial score (nSPS) is 13.3. The summed E-state index contributed by atoms with van der Waals surface area (Å²) in [6, 6.07) is 7.32. The van der Waals surface area contributed by atoms with Crippen molar-refractivity contribution in [3.8, 4) is 0 Å². The third kappa shape index (κ3) is 8.41. The van der Waals surface area contributed by atoms with E-state index in [-0.39, 0.29) is 24.3 Å². The Morgan fingerprint density at radius 1 is 1.19 bits per heavy atom. The molecule has 27 heavy (non-hydrogen) atoms. The summed E-state index contributed by atoms with van der Waals surface area (Å²) in [6.45, 7) is 9.08. The molecule has 0 aliphatic carbocycles. The Kier molecular flexibility index (Phi) is 9.61. The van der Waals surface area contributed by atoms with Crippen LogP contribution in [-0.2, 0) is 18.9 Å². The van der Waals surface area contributed by atoms with Crippen molar-refractivity contribution in [3.05, 3.63) is 29.3 Å². The highest BCUT2D eigenvalue weighted by Crippen LogP contribution is 2.44. The van der Waals surface area contributed by atoms with E-state index in [0.29, 0.717) is 23.8 Å². The fourth-order valence-corrected chi connectivity index (χ4v) is 5.20. The van der Waals surface area contributed by atoms with Gasteiger partial charge >= 0.3 is 5.97 Å². The first-order chi connectivity index (χ1) is 12.5. The van der Waals surface area contributed by atoms with Crippen LogP contribution < -0.4 is 0 Å². The maximum atomic E-state index is 12.5. The highest BCUT2D eigenvalue weighted by atomic mass is 35.5. The van der Waals surface area contributed by atoms with Gasteiger partial charge in [0.2, 0.25) is 0 Å². The molecule has 1 aromatic carbocycles. The molecule has 0 aliphatic heterocycles. The van der Waals surface area contributed by atoms with Crippen LogP contribution in [0.15, 0.2) is 29.2 Å². The third-order valence-corrected chi connectivity index (χ3v) is 9.10.